The molecule has 0 aliphatic heterocycles. The van der Waals surface area contributed by atoms with Gasteiger partial charge in [0.25, 0.3) is 0 Å². The molecule has 0 fully saturated rings. The van der Waals surface area contributed by atoms with Crippen molar-refractivity contribution in [2.75, 3.05) is 26.0 Å². The standard InChI is InChI=1S/C12H20N2O3S/c1-3-13-8-9-18(15,16)14-10-11-6-4-5-7-12(11)17-2/h4-7,13-14H,3,8-10H2,1-2H3. The lowest BCUT2D eigenvalue weighted by atomic mass is 10.2. The van der Waals surface area contributed by atoms with Gasteiger partial charge in [0.15, 0.2) is 0 Å². The van der Waals surface area contributed by atoms with Gasteiger partial charge in [0, 0.05) is 18.7 Å². The zero-order valence-corrected chi connectivity index (χ0v) is 11.6. The lowest BCUT2D eigenvalue weighted by molar-refractivity contribution is 0.409. The van der Waals surface area contributed by atoms with Crippen LogP contribution in [0.4, 0.5) is 0 Å². The SMILES string of the molecule is CCNCCS(=O)(=O)NCc1ccccc1OC. The summed E-state index contributed by atoms with van der Waals surface area (Å²) >= 11 is 0. The normalized spacial score (nSPS) is 11.4. The van der Waals surface area contributed by atoms with Gasteiger partial charge in [-0.15, -0.1) is 0 Å². The number of hydrogen-bond acceptors (Lipinski definition) is 4. The molecule has 1 aromatic carbocycles. The van der Waals surface area contributed by atoms with Gasteiger partial charge in [-0.1, -0.05) is 25.1 Å². The second kappa shape index (κ2) is 7.35. The number of ether oxygens (including phenoxy) is 1. The van der Waals surface area contributed by atoms with E-state index in [-0.39, 0.29) is 12.3 Å². The molecule has 6 heteroatoms. The Balaban J connectivity index is 2.53. The summed E-state index contributed by atoms with van der Waals surface area (Å²) in [5.41, 5.74) is 0.826. The zero-order valence-electron chi connectivity index (χ0n) is 10.8. The average molecular weight is 272 g/mol. The fourth-order valence-corrected chi connectivity index (χ4v) is 2.43. The Kier molecular flexibility index (Phi) is 6.11. The van der Waals surface area contributed by atoms with Gasteiger partial charge in [-0.2, -0.15) is 0 Å². The summed E-state index contributed by atoms with van der Waals surface area (Å²) in [5, 5.41) is 2.98. The summed E-state index contributed by atoms with van der Waals surface area (Å²) in [6.45, 7) is 3.41. The summed E-state index contributed by atoms with van der Waals surface area (Å²) in [6.07, 6.45) is 0. The number of hydrogen-bond donors (Lipinski definition) is 2. The molecular weight excluding hydrogens is 252 g/mol. The van der Waals surface area contributed by atoms with Crippen LogP contribution in [0.3, 0.4) is 0 Å². The van der Waals surface area contributed by atoms with Gasteiger partial charge < -0.3 is 10.1 Å². The molecule has 1 rings (SSSR count). The van der Waals surface area contributed by atoms with Crippen LogP contribution in [-0.2, 0) is 16.6 Å². The molecule has 0 saturated heterocycles. The van der Waals surface area contributed by atoms with Gasteiger partial charge in [-0.3, -0.25) is 0 Å². The van der Waals surface area contributed by atoms with Gasteiger partial charge in [-0.25, -0.2) is 13.1 Å². The lowest BCUT2D eigenvalue weighted by Crippen LogP contribution is -2.31. The molecule has 0 radical (unpaired) electrons. The van der Waals surface area contributed by atoms with Crippen molar-refractivity contribution in [2.24, 2.45) is 0 Å². The molecule has 0 aromatic heterocycles. The minimum absolute atomic E-state index is 0.0794. The highest BCUT2D eigenvalue weighted by Gasteiger charge is 2.10. The van der Waals surface area contributed by atoms with Crippen LogP contribution < -0.4 is 14.8 Å². The Labute approximate surface area is 109 Å². The number of sulfonamides is 1. The van der Waals surface area contributed by atoms with Crippen molar-refractivity contribution in [1.29, 1.82) is 0 Å². The minimum atomic E-state index is -3.25. The van der Waals surface area contributed by atoms with Crippen LogP contribution in [0.15, 0.2) is 24.3 Å². The van der Waals surface area contributed by atoms with E-state index in [0.29, 0.717) is 12.3 Å². The third-order valence-corrected chi connectivity index (χ3v) is 3.80. The molecule has 0 unspecified atom stereocenters. The fourth-order valence-electron chi connectivity index (χ4n) is 1.49. The van der Waals surface area contributed by atoms with Gasteiger partial charge in [0.1, 0.15) is 5.75 Å². The van der Waals surface area contributed by atoms with E-state index in [0.717, 1.165) is 12.1 Å². The van der Waals surface area contributed by atoms with Gasteiger partial charge in [0.2, 0.25) is 10.0 Å². The first-order valence-corrected chi connectivity index (χ1v) is 7.54. The highest BCUT2D eigenvalue weighted by Crippen LogP contribution is 2.16. The second-order valence-corrected chi connectivity index (χ2v) is 5.73. The summed E-state index contributed by atoms with van der Waals surface area (Å²) in [4.78, 5) is 0. The van der Waals surface area contributed by atoms with Crippen LogP contribution in [0.2, 0.25) is 0 Å². The molecule has 0 atom stereocenters. The first-order valence-electron chi connectivity index (χ1n) is 5.89. The zero-order chi connectivity index (χ0) is 13.4. The first-order chi connectivity index (χ1) is 8.59. The van der Waals surface area contributed by atoms with Crippen LogP contribution in [0.25, 0.3) is 0 Å². The number of rotatable bonds is 8. The maximum absolute atomic E-state index is 11.7. The van der Waals surface area contributed by atoms with Crippen LogP contribution >= 0.6 is 0 Å². The van der Waals surface area contributed by atoms with Crippen molar-refractivity contribution < 1.29 is 13.2 Å². The van der Waals surface area contributed by atoms with Crippen molar-refractivity contribution in [3.63, 3.8) is 0 Å². The summed E-state index contributed by atoms with van der Waals surface area (Å²) < 4.78 is 31.1. The minimum Gasteiger partial charge on any atom is -0.496 e. The van der Waals surface area contributed by atoms with Crippen molar-refractivity contribution in [1.82, 2.24) is 10.0 Å². The van der Waals surface area contributed by atoms with E-state index < -0.39 is 10.0 Å². The van der Waals surface area contributed by atoms with Gasteiger partial charge >= 0.3 is 0 Å². The number of para-hydroxylation sites is 1. The Morgan fingerprint density at radius 1 is 1.28 bits per heavy atom. The molecule has 2 N–H and O–H groups in total. The number of benzene rings is 1. The number of methoxy groups -OCH3 is 1. The van der Waals surface area contributed by atoms with E-state index in [4.69, 9.17) is 4.74 Å². The van der Waals surface area contributed by atoms with E-state index in [1.807, 2.05) is 31.2 Å². The molecule has 0 heterocycles. The van der Waals surface area contributed by atoms with E-state index in [1.54, 1.807) is 7.11 Å². The molecule has 0 aliphatic carbocycles. The van der Waals surface area contributed by atoms with Crippen molar-refractivity contribution >= 4 is 10.0 Å². The summed E-state index contributed by atoms with van der Waals surface area (Å²) in [7, 11) is -1.68. The average Bonchev–Trinajstić information content (AvgIpc) is 2.37. The highest BCUT2D eigenvalue weighted by molar-refractivity contribution is 7.89. The van der Waals surface area contributed by atoms with Crippen molar-refractivity contribution in [3.05, 3.63) is 29.8 Å². The molecular formula is C12H20N2O3S. The van der Waals surface area contributed by atoms with Crippen molar-refractivity contribution in [2.45, 2.75) is 13.5 Å². The maximum atomic E-state index is 11.7. The Morgan fingerprint density at radius 2 is 2.00 bits per heavy atom. The van der Waals surface area contributed by atoms with Gasteiger partial charge in [-0.05, 0) is 12.6 Å². The van der Waals surface area contributed by atoms with Gasteiger partial charge in [0.05, 0.1) is 12.9 Å². The third kappa shape index (κ3) is 5.03. The fraction of sp³-hybridized carbons (Fsp3) is 0.500. The molecule has 0 bridgehead atoms. The summed E-state index contributed by atoms with van der Waals surface area (Å²) in [6, 6.07) is 7.35. The van der Waals surface area contributed by atoms with E-state index in [9.17, 15) is 8.42 Å². The Bertz CT molecular complexity index is 460. The topological polar surface area (TPSA) is 67.4 Å². The van der Waals surface area contributed by atoms with Crippen LogP contribution in [0.5, 0.6) is 5.75 Å². The monoisotopic (exact) mass is 272 g/mol. The molecule has 0 saturated carbocycles. The predicted molar refractivity (Wildman–Crippen MR) is 72.2 cm³/mol. The second-order valence-electron chi connectivity index (χ2n) is 3.81. The first kappa shape index (κ1) is 14.9. The number of nitrogens with one attached hydrogen (secondary N) is 2. The molecule has 102 valence electrons. The largest absolute Gasteiger partial charge is 0.496 e. The van der Waals surface area contributed by atoms with Crippen LogP contribution in [0, 0.1) is 0 Å². The molecule has 5 nitrogen and oxygen atoms in total. The molecule has 18 heavy (non-hydrogen) atoms. The summed E-state index contributed by atoms with van der Waals surface area (Å²) in [5.74, 6) is 0.766. The maximum Gasteiger partial charge on any atom is 0.213 e. The molecule has 0 aliphatic rings. The molecule has 0 amide bonds. The highest BCUT2D eigenvalue weighted by atomic mass is 32.2. The van der Waals surface area contributed by atoms with E-state index in [2.05, 4.69) is 10.0 Å². The Hall–Kier alpha value is -1.11. The lowest BCUT2D eigenvalue weighted by Gasteiger charge is -2.10. The van der Waals surface area contributed by atoms with E-state index >= 15 is 0 Å². The Morgan fingerprint density at radius 3 is 2.67 bits per heavy atom. The quantitative estimate of drug-likeness (QED) is 0.684. The van der Waals surface area contributed by atoms with Crippen LogP contribution in [-0.4, -0.2) is 34.4 Å². The molecule has 1 aromatic rings. The third-order valence-electron chi connectivity index (χ3n) is 2.47. The van der Waals surface area contributed by atoms with Crippen LogP contribution in [0.1, 0.15) is 12.5 Å². The smallest absolute Gasteiger partial charge is 0.213 e. The van der Waals surface area contributed by atoms with E-state index in [1.165, 1.54) is 0 Å². The molecule has 0 spiro atoms. The van der Waals surface area contributed by atoms with Crippen molar-refractivity contribution in [3.8, 4) is 5.75 Å². The predicted octanol–water partition coefficient (Wildman–Crippen LogP) is 0.724.